The zero-order valence-corrected chi connectivity index (χ0v) is 11.8. The number of rotatable bonds is 4. The highest BCUT2D eigenvalue weighted by Gasteiger charge is 2.04. The monoisotopic (exact) mass is 330 g/mol. The molecule has 0 aliphatic heterocycles. The number of thiophene rings is 1. The van der Waals surface area contributed by atoms with E-state index in [1.165, 1.54) is 11.3 Å². The Morgan fingerprint density at radius 3 is 2.76 bits per heavy atom. The lowest BCUT2D eigenvalue weighted by atomic mass is 10.2. The van der Waals surface area contributed by atoms with Gasteiger partial charge in [-0.25, -0.2) is 0 Å². The van der Waals surface area contributed by atoms with Gasteiger partial charge >= 0.3 is 0 Å². The van der Waals surface area contributed by atoms with Gasteiger partial charge in [-0.05, 0) is 46.3 Å². The zero-order valence-electron chi connectivity index (χ0n) is 8.65. The molecule has 0 bridgehead atoms. The lowest BCUT2D eigenvalue weighted by Crippen LogP contribution is -1.94. The Morgan fingerprint density at radius 2 is 2.18 bits per heavy atom. The minimum Gasteiger partial charge on any atom is -0.487 e. The van der Waals surface area contributed by atoms with E-state index in [9.17, 15) is 4.79 Å². The van der Waals surface area contributed by atoms with Gasteiger partial charge in [-0.3, -0.25) is 4.79 Å². The SMILES string of the molecule is O=Cc1ccc(OCc2ccc(Cl)s2)c(Br)c1. The third-order valence-electron chi connectivity index (χ3n) is 2.09. The second-order valence-corrected chi connectivity index (χ2v) is 5.96. The first-order chi connectivity index (χ1) is 8.19. The Kier molecular flexibility index (Phi) is 4.20. The Hall–Kier alpha value is -0.840. The van der Waals surface area contributed by atoms with Crippen molar-refractivity contribution < 1.29 is 9.53 Å². The van der Waals surface area contributed by atoms with E-state index in [0.29, 0.717) is 17.9 Å². The van der Waals surface area contributed by atoms with E-state index >= 15 is 0 Å². The molecule has 0 amide bonds. The molecule has 1 aromatic heterocycles. The van der Waals surface area contributed by atoms with Gasteiger partial charge in [0.25, 0.3) is 0 Å². The molecule has 17 heavy (non-hydrogen) atoms. The van der Waals surface area contributed by atoms with E-state index in [0.717, 1.165) is 20.0 Å². The van der Waals surface area contributed by atoms with Crippen LogP contribution in [-0.4, -0.2) is 6.29 Å². The van der Waals surface area contributed by atoms with E-state index in [2.05, 4.69) is 15.9 Å². The normalized spacial score (nSPS) is 10.2. The summed E-state index contributed by atoms with van der Waals surface area (Å²) in [4.78, 5) is 11.6. The Bertz CT molecular complexity index is 539. The highest BCUT2D eigenvalue weighted by atomic mass is 79.9. The lowest BCUT2D eigenvalue weighted by molar-refractivity contribution is 0.112. The number of hydrogen-bond donors (Lipinski definition) is 0. The van der Waals surface area contributed by atoms with Crippen molar-refractivity contribution in [2.24, 2.45) is 0 Å². The van der Waals surface area contributed by atoms with Crippen LogP contribution in [0.5, 0.6) is 5.75 Å². The molecule has 0 N–H and O–H groups in total. The van der Waals surface area contributed by atoms with Gasteiger partial charge in [0, 0.05) is 10.4 Å². The largest absolute Gasteiger partial charge is 0.487 e. The predicted octanol–water partition coefficient (Wildman–Crippen LogP) is 4.56. The van der Waals surface area contributed by atoms with E-state index in [1.54, 1.807) is 18.2 Å². The van der Waals surface area contributed by atoms with Crippen LogP contribution in [0.1, 0.15) is 15.2 Å². The Morgan fingerprint density at radius 1 is 1.35 bits per heavy atom. The van der Waals surface area contributed by atoms with Crippen molar-refractivity contribution in [1.29, 1.82) is 0 Å². The Balaban J connectivity index is 2.06. The summed E-state index contributed by atoms with van der Waals surface area (Å²) >= 11 is 10.7. The smallest absolute Gasteiger partial charge is 0.150 e. The molecule has 0 radical (unpaired) electrons. The van der Waals surface area contributed by atoms with E-state index in [-0.39, 0.29) is 0 Å². The quantitative estimate of drug-likeness (QED) is 0.768. The third kappa shape index (κ3) is 3.31. The number of benzene rings is 1. The molecule has 5 heteroatoms. The molecule has 2 aromatic rings. The van der Waals surface area contributed by atoms with Crippen LogP contribution in [0.3, 0.4) is 0 Å². The summed E-state index contributed by atoms with van der Waals surface area (Å²) in [6.07, 6.45) is 0.799. The van der Waals surface area contributed by atoms with Gasteiger partial charge in [-0.2, -0.15) is 0 Å². The average molecular weight is 332 g/mol. The molecule has 1 aromatic carbocycles. The summed E-state index contributed by atoms with van der Waals surface area (Å²) in [5.41, 5.74) is 0.614. The maximum atomic E-state index is 10.6. The topological polar surface area (TPSA) is 26.3 Å². The highest BCUT2D eigenvalue weighted by molar-refractivity contribution is 9.10. The van der Waals surface area contributed by atoms with Gasteiger partial charge in [0.1, 0.15) is 18.6 Å². The van der Waals surface area contributed by atoms with Crippen LogP contribution in [-0.2, 0) is 6.61 Å². The molecule has 88 valence electrons. The molecule has 0 unspecified atom stereocenters. The van der Waals surface area contributed by atoms with Gasteiger partial charge in [0.2, 0.25) is 0 Å². The van der Waals surface area contributed by atoms with E-state index in [4.69, 9.17) is 16.3 Å². The summed E-state index contributed by atoms with van der Waals surface area (Å²) in [5, 5.41) is 0. The van der Waals surface area contributed by atoms with Crippen LogP contribution in [0, 0.1) is 0 Å². The second kappa shape index (κ2) is 5.67. The fourth-order valence-electron chi connectivity index (χ4n) is 1.29. The molecule has 0 atom stereocenters. The summed E-state index contributed by atoms with van der Waals surface area (Å²) in [5.74, 6) is 0.708. The minimum absolute atomic E-state index is 0.469. The Labute approximate surface area is 116 Å². The van der Waals surface area contributed by atoms with Crippen molar-refractivity contribution in [3.8, 4) is 5.75 Å². The van der Waals surface area contributed by atoms with Crippen LogP contribution in [0.2, 0.25) is 4.34 Å². The number of ether oxygens (including phenoxy) is 1. The number of carbonyl (C=O) groups is 1. The van der Waals surface area contributed by atoms with Crippen LogP contribution < -0.4 is 4.74 Å². The molecule has 2 nitrogen and oxygen atoms in total. The lowest BCUT2D eigenvalue weighted by Gasteiger charge is -2.07. The molecular weight excluding hydrogens is 324 g/mol. The van der Waals surface area contributed by atoms with Gasteiger partial charge in [0.05, 0.1) is 8.81 Å². The van der Waals surface area contributed by atoms with E-state index in [1.807, 2.05) is 12.1 Å². The molecule has 0 aliphatic rings. The van der Waals surface area contributed by atoms with Crippen molar-refractivity contribution in [1.82, 2.24) is 0 Å². The number of hydrogen-bond acceptors (Lipinski definition) is 3. The fourth-order valence-corrected chi connectivity index (χ4v) is 2.80. The first-order valence-electron chi connectivity index (χ1n) is 4.81. The van der Waals surface area contributed by atoms with Gasteiger partial charge < -0.3 is 4.74 Å². The molecule has 0 aliphatic carbocycles. The van der Waals surface area contributed by atoms with Crippen molar-refractivity contribution in [3.05, 3.63) is 49.6 Å². The third-order valence-corrected chi connectivity index (χ3v) is 3.92. The first-order valence-corrected chi connectivity index (χ1v) is 6.79. The van der Waals surface area contributed by atoms with Crippen molar-refractivity contribution in [2.75, 3.05) is 0 Å². The number of halogens is 2. The van der Waals surface area contributed by atoms with Crippen LogP contribution in [0.25, 0.3) is 0 Å². The van der Waals surface area contributed by atoms with Gasteiger partial charge in [-0.1, -0.05) is 11.6 Å². The molecule has 0 saturated carbocycles. The van der Waals surface area contributed by atoms with Crippen LogP contribution in [0.4, 0.5) is 0 Å². The van der Waals surface area contributed by atoms with Gasteiger partial charge in [0.15, 0.2) is 0 Å². The average Bonchev–Trinajstić information content (AvgIpc) is 2.73. The summed E-state index contributed by atoms with van der Waals surface area (Å²) in [7, 11) is 0. The van der Waals surface area contributed by atoms with Crippen molar-refractivity contribution >= 4 is 45.2 Å². The van der Waals surface area contributed by atoms with Crippen molar-refractivity contribution in [3.63, 3.8) is 0 Å². The minimum atomic E-state index is 0.469. The van der Waals surface area contributed by atoms with Gasteiger partial charge in [-0.15, -0.1) is 11.3 Å². The zero-order chi connectivity index (χ0) is 12.3. The second-order valence-electron chi connectivity index (χ2n) is 3.30. The molecule has 0 fully saturated rings. The predicted molar refractivity (Wildman–Crippen MR) is 73.2 cm³/mol. The summed E-state index contributed by atoms with van der Waals surface area (Å²) < 4.78 is 7.14. The van der Waals surface area contributed by atoms with Crippen molar-refractivity contribution in [2.45, 2.75) is 6.61 Å². The highest BCUT2D eigenvalue weighted by Crippen LogP contribution is 2.28. The fraction of sp³-hybridized carbons (Fsp3) is 0.0833. The van der Waals surface area contributed by atoms with E-state index < -0.39 is 0 Å². The molecule has 0 saturated heterocycles. The number of carbonyl (C=O) groups excluding carboxylic acids is 1. The summed E-state index contributed by atoms with van der Waals surface area (Å²) in [6.45, 7) is 0.469. The molecule has 0 spiro atoms. The van der Waals surface area contributed by atoms with Crippen LogP contribution >= 0.6 is 38.9 Å². The molecule has 1 heterocycles. The first kappa shape index (κ1) is 12.6. The summed E-state index contributed by atoms with van der Waals surface area (Å²) in [6, 6.07) is 8.98. The maximum Gasteiger partial charge on any atom is 0.150 e. The standard InChI is InChI=1S/C12H8BrClO2S/c13-10-5-8(6-15)1-3-11(10)16-7-9-2-4-12(14)17-9/h1-6H,7H2. The number of aldehydes is 1. The molecule has 2 rings (SSSR count). The molecular formula is C12H8BrClO2S. The van der Waals surface area contributed by atoms with Crippen LogP contribution in [0.15, 0.2) is 34.8 Å². The maximum absolute atomic E-state index is 10.6.